The number of sulfonamides is 1. The molecule has 0 fully saturated rings. The normalized spacial score (nSPS) is 16.7. The zero-order valence-electron chi connectivity index (χ0n) is 15.0. The van der Waals surface area contributed by atoms with E-state index in [1.54, 1.807) is 24.3 Å². The lowest BCUT2D eigenvalue weighted by atomic mass is 10.0. The zero-order chi connectivity index (χ0) is 20.3. The first-order chi connectivity index (χ1) is 13.2. The van der Waals surface area contributed by atoms with Gasteiger partial charge in [0.15, 0.2) is 0 Å². The smallest absolute Gasteiger partial charge is 0.303 e. The van der Waals surface area contributed by atoms with Crippen molar-refractivity contribution in [2.75, 3.05) is 11.0 Å². The molecule has 10 heteroatoms. The van der Waals surface area contributed by atoms with Gasteiger partial charge in [0.25, 0.3) is 0 Å². The maximum atomic E-state index is 12.6. The van der Waals surface area contributed by atoms with Gasteiger partial charge in [0.2, 0.25) is 15.9 Å². The summed E-state index contributed by atoms with van der Waals surface area (Å²) < 4.78 is 25.4. The molecular weight excluding hydrogens is 402 g/mol. The third kappa shape index (κ3) is 4.96. The van der Waals surface area contributed by atoms with Crippen LogP contribution in [0.2, 0.25) is 0 Å². The summed E-state index contributed by atoms with van der Waals surface area (Å²) in [4.78, 5) is 24.3. The Balaban J connectivity index is 1.89. The molecule has 1 aliphatic heterocycles. The topological polar surface area (TPSA) is 116 Å². The van der Waals surface area contributed by atoms with E-state index in [4.69, 9.17) is 5.11 Å². The van der Waals surface area contributed by atoms with Crippen molar-refractivity contribution in [2.45, 2.75) is 25.3 Å². The molecule has 2 heterocycles. The van der Waals surface area contributed by atoms with E-state index in [0.717, 1.165) is 11.1 Å². The number of carboxylic acid groups (broad SMARTS) is 1. The van der Waals surface area contributed by atoms with E-state index in [0.29, 0.717) is 23.4 Å². The van der Waals surface area contributed by atoms with E-state index in [-0.39, 0.29) is 24.8 Å². The highest BCUT2D eigenvalue weighted by atomic mass is 32.2. The van der Waals surface area contributed by atoms with Crippen LogP contribution in [0.1, 0.15) is 35.7 Å². The van der Waals surface area contributed by atoms with E-state index in [9.17, 15) is 18.0 Å². The van der Waals surface area contributed by atoms with Crippen LogP contribution < -0.4 is 4.72 Å². The molecule has 8 nitrogen and oxygen atoms in total. The third-order valence-electron chi connectivity index (χ3n) is 4.09. The van der Waals surface area contributed by atoms with Crippen molar-refractivity contribution >= 4 is 44.6 Å². The number of rotatable bonds is 7. The fourth-order valence-corrected chi connectivity index (χ4v) is 4.29. The second-order valence-electron chi connectivity index (χ2n) is 6.37. The summed E-state index contributed by atoms with van der Waals surface area (Å²) in [6.45, 7) is 0. The number of anilines is 1. The Morgan fingerprint density at radius 3 is 2.71 bits per heavy atom. The third-order valence-corrected chi connectivity index (χ3v) is 5.67. The number of hydrazone groups is 1. The lowest BCUT2D eigenvalue weighted by molar-refractivity contribution is -0.141. The van der Waals surface area contributed by atoms with Crippen LogP contribution >= 0.6 is 11.3 Å². The van der Waals surface area contributed by atoms with Gasteiger partial charge in [-0.05, 0) is 29.1 Å². The fraction of sp³-hybridized carbons (Fsp3) is 0.278. The summed E-state index contributed by atoms with van der Waals surface area (Å²) in [6.07, 6.45) is 1.14. The predicted molar refractivity (Wildman–Crippen MR) is 107 cm³/mol. The Morgan fingerprint density at radius 1 is 1.29 bits per heavy atom. The fourth-order valence-electron chi connectivity index (χ4n) is 2.92. The van der Waals surface area contributed by atoms with Crippen LogP contribution in [-0.2, 0) is 19.6 Å². The van der Waals surface area contributed by atoms with Crippen LogP contribution in [0, 0.1) is 0 Å². The van der Waals surface area contributed by atoms with Crippen LogP contribution in [0.5, 0.6) is 0 Å². The van der Waals surface area contributed by atoms with E-state index in [1.165, 1.54) is 16.3 Å². The second-order valence-corrected chi connectivity index (χ2v) is 9.10. The van der Waals surface area contributed by atoms with E-state index in [2.05, 4.69) is 9.82 Å². The molecule has 28 heavy (non-hydrogen) atoms. The molecule has 0 saturated heterocycles. The summed E-state index contributed by atoms with van der Waals surface area (Å²) >= 11 is 1.50. The average Bonchev–Trinajstić information content (AvgIpc) is 3.27. The standard InChI is InChI=1S/C18H19N3O5S2/c1-28(25,26)20-13-5-2-4-12(10-13)14-11-15(16-6-3-9-27-16)21(19-14)17(22)7-8-18(23)24/h2-6,9-10,15,20H,7-8,11H2,1H3,(H,23,24)/t15-/m1/s1. The molecule has 1 amide bonds. The number of thiophene rings is 1. The highest BCUT2D eigenvalue weighted by Crippen LogP contribution is 2.36. The molecule has 1 aliphatic rings. The summed E-state index contributed by atoms with van der Waals surface area (Å²) in [5, 5.41) is 16.6. The van der Waals surface area contributed by atoms with Crippen molar-refractivity contribution in [1.82, 2.24) is 5.01 Å². The SMILES string of the molecule is CS(=O)(=O)Nc1cccc(C2=NN(C(=O)CCC(=O)O)[C@@H](c3cccs3)C2)c1. The number of carbonyl (C=O) groups is 2. The van der Waals surface area contributed by atoms with Crippen molar-refractivity contribution in [3.8, 4) is 0 Å². The van der Waals surface area contributed by atoms with Gasteiger partial charge >= 0.3 is 5.97 Å². The number of hydrogen-bond donors (Lipinski definition) is 2. The molecule has 0 saturated carbocycles. The average molecular weight is 422 g/mol. The van der Waals surface area contributed by atoms with Gasteiger partial charge in [-0.1, -0.05) is 18.2 Å². The summed E-state index contributed by atoms with van der Waals surface area (Å²) in [5.74, 6) is -1.40. The van der Waals surface area contributed by atoms with Gasteiger partial charge in [0.1, 0.15) is 0 Å². The maximum absolute atomic E-state index is 12.6. The number of aliphatic carboxylic acids is 1. The Hall–Kier alpha value is -2.72. The van der Waals surface area contributed by atoms with Gasteiger partial charge < -0.3 is 5.11 Å². The minimum atomic E-state index is -3.41. The molecule has 1 aromatic heterocycles. The molecule has 3 rings (SSSR count). The Kier molecular flexibility index (Phi) is 5.80. The van der Waals surface area contributed by atoms with E-state index >= 15 is 0 Å². The Labute approximate surface area is 166 Å². The van der Waals surface area contributed by atoms with E-state index in [1.807, 2.05) is 17.5 Å². The number of carbonyl (C=O) groups excluding carboxylic acids is 1. The van der Waals surface area contributed by atoms with Crippen molar-refractivity contribution in [1.29, 1.82) is 0 Å². The molecule has 0 bridgehead atoms. The molecule has 0 unspecified atom stereocenters. The Morgan fingerprint density at radius 2 is 2.07 bits per heavy atom. The zero-order valence-corrected chi connectivity index (χ0v) is 16.7. The molecule has 0 aliphatic carbocycles. The number of hydrogen-bond acceptors (Lipinski definition) is 6. The lowest BCUT2D eigenvalue weighted by Gasteiger charge is -2.20. The van der Waals surface area contributed by atoms with Gasteiger partial charge in [-0.3, -0.25) is 14.3 Å². The van der Waals surface area contributed by atoms with Crippen LogP contribution in [0.3, 0.4) is 0 Å². The van der Waals surface area contributed by atoms with Gasteiger partial charge in [-0.2, -0.15) is 5.10 Å². The quantitative estimate of drug-likeness (QED) is 0.713. The number of nitrogens with one attached hydrogen (secondary N) is 1. The number of nitrogens with zero attached hydrogens (tertiary/aromatic N) is 2. The summed E-state index contributed by atoms with van der Waals surface area (Å²) in [6, 6.07) is 10.3. The van der Waals surface area contributed by atoms with Crippen molar-refractivity contribution in [2.24, 2.45) is 5.10 Å². The molecule has 1 aromatic carbocycles. The Bertz CT molecular complexity index is 1020. The van der Waals surface area contributed by atoms with Crippen molar-refractivity contribution in [3.05, 3.63) is 52.2 Å². The molecule has 2 N–H and O–H groups in total. The minimum absolute atomic E-state index is 0.135. The molecule has 148 valence electrons. The van der Waals surface area contributed by atoms with Crippen LogP contribution in [0.4, 0.5) is 5.69 Å². The molecule has 0 spiro atoms. The first-order valence-corrected chi connectivity index (χ1v) is 11.2. The summed E-state index contributed by atoms with van der Waals surface area (Å²) in [7, 11) is -3.41. The molecule has 2 aromatic rings. The van der Waals surface area contributed by atoms with Crippen LogP contribution in [-0.4, -0.2) is 42.4 Å². The number of benzene rings is 1. The lowest BCUT2D eigenvalue weighted by Crippen LogP contribution is -2.26. The monoisotopic (exact) mass is 421 g/mol. The minimum Gasteiger partial charge on any atom is -0.481 e. The van der Waals surface area contributed by atoms with Gasteiger partial charge in [-0.15, -0.1) is 11.3 Å². The first-order valence-electron chi connectivity index (χ1n) is 8.46. The van der Waals surface area contributed by atoms with Crippen molar-refractivity contribution in [3.63, 3.8) is 0 Å². The highest BCUT2D eigenvalue weighted by molar-refractivity contribution is 7.92. The van der Waals surface area contributed by atoms with Crippen molar-refractivity contribution < 1.29 is 23.1 Å². The predicted octanol–water partition coefficient (Wildman–Crippen LogP) is 2.66. The number of carboxylic acids is 1. The maximum Gasteiger partial charge on any atom is 0.303 e. The van der Waals surface area contributed by atoms with Gasteiger partial charge in [0.05, 0.1) is 24.4 Å². The summed E-state index contributed by atoms with van der Waals surface area (Å²) in [5.41, 5.74) is 1.74. The van der Waals surface area contributed by atoms with E-state index < -0.39 is 16.0 Å². The largest absolute Gasteiger partial charge is 0.481 e. The molecule has 0 radical (unpaired) electrons. The number of amides is 1. The van der Waals surface area contributed by atoms with Crippen LogP contribution in [0.25, 0.3) is 0 Å². The van der Waals surface area contributed by atoms with Gasteiger partial charge in [-0.25, -0.2) is 13.4 Å². The van der Waals surface area contributed by atoms with Gasteiger partial charge in [0, 0.05) is 23.4 Å². The molecular formula is C18H19N3O5S2. The molecule has 1 atom stereocenters. The highest BCUT2D eigenvalue weighted by Gasteiger charge is 2.33. The second kappa shape index (κ2) is 8.11. The van der Waals surface area contributed by atoms with Crippen LogP contribution in [0.15, 0.2) is 46.9 Å². The first kappa shape index (κ1) is 20.0.